The highest BCUT2D eigenvalue weighted by Gasteiger charge is 2.48. The lowest BCUT2D eigenvalue weighted by Gasteiger charge is -2.21. The summed E-state index contributed by atoms with van der Waals surface area (Å²) in [5, 5.41) is 50.7. The first-order valence-electron chi connectivity index (χ1n) is 10.3. The van der Waals surface area contributed by atoms with E-state index in [1.165, 1.54) is 10.6 Å². The summed E-state index contributed by atoms with van der Waals surface area (Å²) in [6, 6.07) is 1.47. The van der Waals surface area contributed by atoms with Crippen molar-refractivity contribution in [1.82, 2.24) is 14.1 Å². The minimum Gasteiger partial charge on any atom is -0.387 e. The van der Waals surface area contributed by atoms with Gasteiger partial charge in [-0.15, -0.1) is 0 Å². The molecule has 20 heteroatoms. The lowest BCUT2D eigenvalue weighted by atomic mass is 10.1. The summed E-state index contributed by atoms with van der Waals surface area (Å²) in [6.07, 6.45) is -10.8. The standard InChI is InChI=1S/C16H21BrN4O13P2/c17-8-1-5-13(18)20-4-19-14(5)21(8)16-12(25)10(23)7(33-16)3-31-36(28,29)34-35(26,27)30-2-6-9(22)11(24)15(20)32-6/h1,4,6-7,9-12,15-16,18,22-25H,2-3H2,(H,26,27)(H,28,29)/t6-,7-,9?,10+,11?,12?,15-,16-/m1/s1. The second-order valence-corrected chi connectivity index (χ2v) is 12.1. The van der Waals surface area contributed by atoms with E-state index < -0.39 is 77.9 Å². The maximum Gasteiger partial charge on any atom is 0.481 e. The second-order valence-electron chi connectivity index (χ2n) is 8.28. The van der Waals surface area contributed by atoms with E-state index in [4.69, 9.17) is 14.9 Å². The maximum absolute atomic E-state index is 12.2. The van der Waals surface area contributed by atoms with Gasteiger partial charge >= 0.3 is 15.6 Å². The topological polar surface area (TPSA) is 248 Å². The summed E-state index contributed by atoms with van der Waals surface area (Å²) < 4.78 is 51.8. The largest absolute Gasteiger partial charge is 0.481 e. The molecule has 6 heterocycles. The molecule has 10 atom stereocenters. The molecule has 4 aliphatic heterocycles. The van der Waals surface area contributed by atoms with Gasteiger partial charge in [-0.25, -0.2) is 14.1 Å². The van der Waals surface area contributed by atoms with Crippen molar-refractivity contribution in [3.8, 4) is 0 Å². The molecule has 2 aromatic rings. The Hall–Kier alpha value is -1.08. The van der Waals surface area contributed by atoms with E-state index in [1.807, 2.05) is 0 Å². The van der Waals surface area contributed by atoms with Crippen molar-refractivity contribution >= 4 is 42.6 Å². The third-order valence-corrected chi connectivity index (χ3v) is 9.21. The summed E-state index contributed by atoms with van der Waals surface area (Å²) >= 11 is 3.30. The summed E-state index contributed by atoms with van der Waals surface area (Å²) in [7, 11) is -10.5. The third kappa shape index (κ3) is 4.54. The zero-order valence-corrected chi connectivity index (χ0v) is 21.2. The van der Waals surface area contributed by atoms with Crippen molar-refractivity contribution in [2.45, 2.75) is 49.1 Å². The number of aromatic nitrogens is 3. The average Bonchev–Trinajstić information content (AvgIpc) is 3.37. The van der Waals surface area contributed by atoms with E-state index in [1.54, 1.807) is 0 Å². The molecule has 2 fully saturated rings. The lowest BCUT2D eigenvalue weighted by molar-refractivity contribution is -0.0567. The molecule has 4 aliphatic rings. The monoisotopic (exact) mass is 618 g/mol. The van der Waals surface area contributed by atoms with Crippen molar-refractivity contribution in [1.29, 1.82) is 5.41 Å². The maximum atomic E-state index is 12.2. The molecular formula is C16H21BrN4O13P2. The molecule has 36 heavy (non-hydrogen) atoms. The fourth-order valence-corrected chi connectivity index (χ4v) is 6.92. The van der Waals surface area contributed by atoms with Crippen LogP contribution in [0.15, 0.2) is 17.0 Å². The molecule has 8 bridgehead atoms. The molecule has 5 unspecified atom stereocenters. The summed E-state index contributed by atoms with van der Waals surface area (Å²) in [6.45, 7) is -1.69. The predicted molar refractivity (Wildman–Crippen MR) is 116 cm³/mol. The number of fused-ring (bicyclic) bond motifs is 7. The number of hydrogen-bond acceptors (Lipinski definition) is 13. The number of hydrogen-bond donors (Lipinski definition) is 7. The molecule has 200 valence electrons. The van der Waals surface area contributed by atoms with Gasteiger partial charge in [0.2, 0.25) is 0 Å². The van der Waals surface area contributed by atoms with Gasteiger partial charge in [-0.2, -0.15) is 4.31 Å². The zero-order valence-electron chi connectivity index (χ0n) is 17.8. The molecule has 17 nitrogen and oxygen atoms in total. The highest BCUT2D eigenvalue weighted by atomic mass is 79.9. The lowest BCUT2D eigenvalue weighted by Crippen LogP contribution is -2.36. The number of phosphoric ester groups is 2. The van der Waals surface area contributed by atoms with Gasteiger partial charge < -0.3 is 39.7 Å². The van der Waals surface area contributed by atoms with Crippen LogP contribution >= 0.6 is 31.6 Å². The fourth-order valence-electron chi connectivity index (χ4n) is 4.23. The van der Waals surface area contributed by atoms with Crippen LogP contribution in [0.2, 0.25) is 0 Å². The summed E-state index contributed by atoms with van der Waals surface area (Å²) in [4.78, 5) is 24.0. The average molecular weight is 619 g/mol. The zero-order chi connectivity index (χ0) is 26.2. The number of halogens is 1. The van der Waals surface area contributed by atoms with E-state index in [2.05, 4.69) is 34.3 Å². The van der Waals surface area contributed by atoms with Crippen LogP contribution in [0.25, 0.3) is 11.0 Å². The Bertz CT molecular complexity index is 1340. The highest BCUT2D eigenvalue weighted by molar-refractivity contribution is 9.10. The Kier molecular flexibility index (Phi) is 6.84. The van der Waals surface area contributed by atoms with Crippen molar-refractivity contribution in [2.75, 3.05) is 13.2 Å². The smallest absolute Gasteiger partial charge is 0.387 e. The fraction of sp³-hybridized carbons (Fsp3) is 0.625. The molecule has 7 N–H and O–H groups in total. The Morgan fingerprint density at radius 1 is 0.944 bits per heavy atom. The molecule has 0 radical (unpaired) electrons. The molecule has 0 saturated carbocycles. The minimum absolute atomic E-state index is 0.132. The Balaban J connectivity index is 1.61. The van der Waals surface area contributed by atoms with Gasteiger partial charge in [-0.1, -0.05) is 0 Å². The number of aliphatic hydroxyl groups is 4. The van der Waals surface area contributed by atoms with Crippen LogP contribution in [0.1, 0.15) is 12.5 Å². The van der Waals surface area contributed by atoms with E-state index in [0.717, 1.165) is 10.9 Å². The van der Waals surface area contributed by atoms with Crippen molar-refractivity contribution in [2.24, 2.45) is 0 Å². The van der Waals surface area contributed by atoms with Crippen LogP contribution in [0, 0.1) is 5.41 Å². The number of aliphatic hydroxyl groups excluding tert-OH is 4. The SMILES string of the molecule is N=c1c2cc(Br)n3c2ncn1[C@@H]1O[C@H](COP(=O)(O)OP(=O)(O)OC[C@H]2O[C@@H]3C(O)[C@H]2O)C(O)C1O. The van der Waals surface area contributed by atoms with Crippen molar-refractivity contribution < 1.29 is 62.2 Å². The molecular weight excluding hydrogens is 598 g/mol. The molecule has 6 rings (SSSR count). The number of nitrogens with zero attached hydrogens (tertiary/aromatic N) is 3. The van der Waals surface area contributed by atoms with Gasteiger partial charge in [0.1, 0.15) is 54.1 Å². The Morgan fingerprint density at radius 3 is 2.06 bits per heavy atom. The van der Waals surface area contributed by atoms with E-state index in [9.17, 15) is 39.3 Å². The Morgan fingerprint density at radius 2 is 1.47 bits per heavy atom. The molecule has 2 saturated heterocycles. The van der Waals surface area contributed by atoms with Crippen LogP contribution < -0.4 is 5.49 Å². The van der Waals surface area contributed by atoms with Crippen molar-refractivity contribution in [3.05, 3.63) is 22.5 Å². The van der Waals surface area contributed by atoms with Gasteiger partial charge in [0.15, 0.2) is 12.5 Å². The van der Waals surface area contributed by atoms with Gasteiger partial charge in [0.05, 0.1) is 23.2 Å². The van der Waals surface area contributed by atoms with Gasteiger partial charge in [-0.05, 0) is 22.0 Å². The van der Waals surface area contributed by atoms with Gasteiger partial charge in [-0.3, -0.25) is 23.6 Å². The van der Waals surface area contributed by atoms with Crippen LogP contribution in [0.5, 0.6) is 0 Å². The quantitative estimate of drug-likeness (QED) is 0.167. The van der Waals surface area contributed by atoms with Crippen LogP contribution in [-0.2, 0) is 32.0 Å². The first-order chi connectivity index (χ1) is 16.8. The molecule has 0 spiro atoms. The van der Waals surface area contributed by atoms with Gasteiger partial charge in [0.25, 0.3) is 0 Å². The van der Waals surface area contributed by atoms with Crippen LogP contribution in [0.4, 0.5) is 0 Å². The highest BCUT2D eigenvalue weighted by Crippen LogP contribution is 2.60. The predicted octanol–water partition coefficient (Wildman–Crippen LogP) is -1.42. The first kappa shape index (κ1) is 26.5. The van der Waals surface area contributed by atoms with E-state index >= 15 is 0 Å². The normalized spacial score (nSPS) is 43.8. The summed E-state index contributed by atoms with van der Waals surface area (Å²) in [5.74, 6) is 0. The van der Waals surface area contributed by atoms with Crippen molar-refractivity contribution in [3.63, 3.8) is 0 Å². The molecule has 0 aromatic carbocycles. The van der Waals surface area contributed by atoms with Crippen LogP contribution in [-0.4, -0.2) is 94.2 Å². The Labute approximate surface area is 209 Å². The third-order valence-electron chi connectivity index (χ3n) is 5.99. The van der Waals surface area contributed by atoms with E-state index in [-0.39, 0.29) is 21.1 Å². The molecule has 0 amide bonds. The number of phosphoric acid groups is 2. The molecule has 2 aromatic heterocycles. The molecule has 0 aliphatic carbocycles. The number of ether oxygens (including phenoxy) is 2. The number of nitrogens with one attached hydrogen (secondary N) is 1. The minimum atomic E-state index is -5.26. The first-order valence-corrected chi connectivity index (χ1v) is 14.1. The van der Waals surface area contributed by atoms with Crippen LogP contribution in [0.3, 0.4) is 0 Å². The second kappa shape index (κ2) is 9.29. The number of rotatable bonds is 0. The van der Waals surface area contributed by atoms with Gasteiger partial charge in [0, 0.05) is 0 Å². The van der Waals surface area contributed by atoms with E-state index in [0.29, 0.717) is 0 Å². The summed E-state index contributed by atoms with van der Waals surface area (Å²) in [5.41, 5.74) is -0.0870.